The summed E-state index contributed by atoms with van der Waals surface area (Å²) in [6.07, 6.45) is 1.28. The maximum absolute atomic E-state index is 2.39. The molecule has 0 aliphatic rings. The maximum atomic E-state index is 2.39. The Bertz CT molecular complexity index is 194. The molecule has 0 aromatic rings. The van der Waals surface area contributed by atoms with Gasteiger partial charge in [-0.3, -0.25) is 0 Å². The highest BCUT2D eigenvalue weighted by atomic mass is 32.2. The lowest BCUT2D eigenvalue weighted by Crippen LogP contribution is -2.32. The summed E-state index contributed by atoms with van der Waals surface area (Å²) in [6.45, 7) is 21.1. The zero-order valence-electron chi connectivity index (χ0n) is 12.2. The van der Waals surface area contributed by atoms with Gasteiger partial charge in [-0.2, -0.15) is 0 Å². The van der Waals surface area contributed by atoms with Crippen LogP contribution in [-0.2, 0) is 0 Å². The summed E-state index contributed by atoms with van der Waals surface area (Å²) in [5.41, 5.74) is 0.432. The lowest BCUT2D eigenvalue weighted by molar-refractivity contribution is 0.210. The smallest absolute Gasteiger partial charge is 0.0114 e. The number of rotatable bonds is 4. The van der Waals surface area contributed by atoms with Crippen LogP contribution in [0.1, 0.15) is 68.7 Å². The Morgan fingerprint density at radius 3 is 1.53 bits per heavy atom. The van der Waals surface area contributed by atoms with E-state index >= 15 is 0 Å². The Morgan fingerprint density at radius 2 is 1.27 bits per heavy atom. The summed E-state index contributed by atoms with van der Waals surface area (Å²) in [7, 11) is 0. The van der Waals surface area contributed by atoms with Crippen molar-refractivity contribution < 1.29 is 0 Å². The van der Waals surface area contributed by atoms with E-state index in [2.05, 4.69) is 74.1 Å². The molecule has 15 heavy (non-hydrogen) atoms. The van der Waals surface area contributed by atoms with Crippen molar-refractivity contribution >= 4 is 11.8 Å². The third kappa shape index (κ3) is 6.50. The molecule has 0 heterocycles. The highest BCUT2D eigenvalue weighted by Gasteiger charge is 2.34. The van der Waals surface area contributed by atoms with Gasteiger partial charge in [0.25, 0.3) is 0 Å². The first-order valence-electron chi connectivity index (χ1n) is 6.06. The van der Waals surface area contributed by atoms with Crippen molar-refractivity contribution in [3.63, 3.8) is 0 Å². The molecular weight excluding hydrogens is 200 g/mol. The van der Waals surface area contributed by atoms with Gasteiger partial charge in [0.1, 0.15) is 0 Å². The first-order chi connectivity index (χ1) is 6.36. The van der Waals surface area contributed by atoms with Gasteiger partial charge in [-0.15, -0.1) is 11.8 Å². The maximum Gasteiger partial charge on any atom is 0.0114 e. The molecule has 0 aliphatic carbocycles. The highest BCUT2D eigenvalue weighted by Crippen LogP contribution is 2.45. The van der Waals surface area contributed by atoms with E-state index in [9.17, 15) is 0 Å². The van der Waals surface area contributed by atoms with E-state index in [-0.39, 0.29) is 0 Å². The normalized spacial score (nSPS) is 14.8. The zero-order valence-corrected chi connectivity index (χ0v) is 13.0. The van der Waals surface area contributed by atoms with Gasteiger partial charge < -0.3 is 0 Å². The van der Waals surface area contributed by atoms with Gasteiger partial charge in [0.15, 0.2) is 0 Å². The van der Waals surface area contributed by atoms with Crippen LogP contribution in [0, 0.1) is 11.3 Å². The Labute approximate surface area is 102 Å². The first kappa shape index (κ1) is 15.3. The van der Waals surface area contributed by atoms with Gasteiger partial charge in [0, 0.05) is 9.49 Å². The van der Waals surface area contributed by atoms with Crippen LogP contribution in [0.2, 0.25) is 0 Å². The minimum absolute atomic E-state index is 0.358. The van der Waals surface area contributed by atoms with Crippen molar-refractivity contribution in [1.82, 2.24) is 0 Å². The van der Waals surface area contributed by atoms with Gasteiger partial charge in [-0.05, 0) is 17.8 Å². The molecule has 0 unspecified atom stereocenters. The van der Waals surface area contributed by atoms with Gasteiger partial charge in [0.2, 0.25) is 0 Å². The van der Waals surface area contributed by atoms with Crippen molar-refractivity contribution in [2.75, 3.05) is 0 Å². The van der Waals surface area contributed by atoms with Crippen LogP contribution in [0.5, 0.6) is 0 Å². The van der Waals surface area contributed by atoms with Crippen molar-refractivity contribution in [2.24, 2.45) is 11.3 Å². The number of hydrogen-bond acceptors (Lipinski definition) is 1. The second-order valence-electron chi connectivity index (χ2n) is 7.29. The molecule has 0 N–H and O–H groups in total. The molecule has 0 fully saturated rings. The summed E-state index contributed by atoms with van der Waals surface area (Å²) < 4.78 is 0.725. The minimum atomic E-state index is 0.358. The first-order valence-corrected chi connectivity index (χ1v) is 6.88. The number of hydrogen-bond donors (Lipinski definition) is 0. The second kappa shape index (κ2) is 4.69. The topological polar surface area (TPSA) is 0 Å². The Balaban J connectivity index is 4.51. The van der Waals surface area contributed by atoms with Crippen LogP contribution in [0.3, 0.4) is 0 Å². The fourth-order valence-electron chi connectivity index (χ4n) is 2.17. The zero-order chi connectivity index (χ0) is 12.5. The lowest BCUT2D eigenvalue weighted by atomic mass is 9.75. The average molecular weight is 230 g/mol. The Hall–Kier alpha value is 0.350. The molecule has 0 bridgehead atoms. The van der Waals surface area contributed by atoms with Crippen LogP contribution in [-0.4, -0.2) is 9.49 Å². The van der Waals surface area contributed by atoms with Crippen molar-refractivity contribution in [1.29, 1.82) is 0 Å². The number of thioether (sulfide) groups is 1. The molecule has 1 heteroatoms. The lowest BCUT2D eigenvalue weighted by Gasteiger charge is -2.40. The molecule has 0 nitrogen and oxygen atoms in total. The molecule has 0 spiro atoms. The molecule has 0 radical (unpaired) electrons. The summed E-state index contributed by atoms with van der Waals surface area (Å²) in [5.74, 6) is 0.748. The van der Waals surface area contributed by atoms with E-state index in [1.807, 2.05) is 0 Å². The summed E-state index contributed by atoms with van der Waals surface area (Å²) >= 11 is 2.10. The van der Waals surface area contributed by atoms with Crippen molar-refractivity contribution in [3.8, 4) is 0 Å². The SMILES string of the molecule is CC(C)C(C)(C)CC(C)(C)SC(C)(C)C. The van der Waals surface area contributed by atoms with E-state index in [1.54, 1.807) is 0 Å². The quantitative estimate of drug-likeness (QED) is 0.626. The monoisotopic (exact) mass is 230 g/mol. The second-order valence-corrected chi connectivity index (χ2v) is 9.83. The standard InChI is InChI=1S/C14H30S/c1-11(2)13(6,7)10-14(8,9)15-12(3,4)5/h11H,10H2,1-9H3. The Kier molecular flexibility index (Phi) is 4.80. The summed E-state index contributed by atoms with van der Waals surface area (Å²) in [5, 5.41) is 0. The average Bonchev–Trinajstić information content (AvgIpc) is 1.75. The molecule has 0 atom stereocenters. The molecule has 0 amide bonds. The van der Waals surface area contributed by atoms with Gasteiger partial charge >= 0.3 is 0 Å². The van der Waals surface area contributed by atoms with Gasteiger partial charge in [-0.1, -0.05) is 62.3 Å². The van der Waals surface area contributed by atoms with Gasteiger partial charge in [-0.25, -0.2) is 0 Å². The minimum Gasteiger partial charge on any atom is -0.150 e. The Morgan fingerprint density at radius 1 is 0.867 bits per heavy atom. The van der Waals surface area contributed by atoms with E-state index < -0.39 is 0 Å². The van der Waals surface area contributed by atoms with Crippen LogP contribution in [0.15, 0.2) is 0 Å². The third-order valence-electron chi connectivity index (χ3n) is 3.03. The molecule has 0 aliphatic heterocycles. The van der Waals surface area contributed by atoms with Gasteiger partial charge in [0.05, 0.1) is 0 Å². The fourth-order valence-corrected chi connectivity index (χ4v) is 4.27. The fraction of sp³-hybridized carbons (Fsp3) is 1.00. The molecule has 0 saturated heterocycles. The van der Waals surface area contributed by atoms with Crippen LogP contribution in [0.25, 0.3) is 0 Å². The predicted octanol–water partition coefficient (Wildman–Crippen LogP) is 5.37. The molecule has 0 aromatic heterocycles. The third-order valence-corrected chi connectivity index (χ3v) is 4.34. The van der Waals surface area contributed by atoms with Crippen LogP contribution < -0.4 is 0 Å². The summed E-state index contributed by atoms with van der Waals surface area (Å²) in [6, 6.07) is 0. The van der Waals surface area contributed by atoms with Crippen LogP contribution >= 0.6 is 11.8 Å². The van der Waals surface area contributed by atoms with Crippen molar-refractivity contribution in [3.05, 3.63) is 0 Å². The van der Waals surface area contributed by atoms with E-state index in [0.29, 0.717) is 14.9 Å². The van der Waals surface area contributed by atoms with E-state index in [0.717, 1.165) is 5.92 Å². The van der Waals surface area contributed by atoms with Crippen molar-refractivity contribution in [2.45, 2.75) is 78.2 Å². The molecule has 0 aromatic carbocycles. The van der Waals surface area contributed by atoms with E-state index in [4.69, 9.17) is 0 Å². The molecule has 0 rings (SSSR count). The summed E-state index contributed by atoms with van der Waals surface area (Å²) in [4.78, 5) is 0. The molecule has 92 valence electrons. The predicted molar refractivity (Wildman–Crippen MR) is 74.7 cm³/mol. The molecular formula is C14H30S. The highest BCUT2D eigenvalue weighted by molar-refractivity contribution is 8.01. The molecule has 0 saturated carbocycles. The largest absolute Gasteiger partial charge is 0.150 e. The van der Waals surface area contributed by atoms with Crippen LogP contribution in [0.4, 0.5) is 0 Å². The van der Waals surface area contributed by atoms with E-state index in [1.165, 1.54) is 6.42 Å².